The largest absolute Gasteiger partial charge is 0.480 e. The van der Waals surface area contributed by atoms with Gasteiger partial charge in [0.2, 0.25) is 5.88 Å². The molecular formula is C36H42FN5O8. The maximum absolute atomic E-state index is 15.0. The van der Waals surface area contributed by atoms with E-state index in [1.807, 2.05) is 22.8 Å². The van der Waals surface area contributed by atoms with E-state index in [1.54, 1.807) is 72.2 Å². The van der Waals surface area contributed by atoms with Crippen molar-refractivity contribution in [1.82, 2.24) is 24.3 Å². The fraction of sp³-hybridized carbons (Fsp3) is 0.417. The number of aliphatic carboxylic acids is 1. The summed E-state index contributed by atoms with van der Waals surface area (Å²) in [7, 11) is 3.18. The van der Waals surface area contributed by atoms with Crippen LogP contribution in [0.5, 0.6) is 5.88 Å². The Bertz CT molecular complexity index is 1840. The predicted octanol–water partition coefficient (Wildman–Crippen LogP) is 5.67. The summed E-state index contributed by atoms with van der Waals surface area (Å²) >= 11 is 0. The lowest BCUT2D eigenvalue weighted by Gasteiger charge is -2.27. The first-order valence-corrected chi connectivity index (χ1v) is 16.2. The highest BCUT2D eigenvalue weighted by Crippen LogP contribution is 2.32. The number of rotatable bonds is 11. The van der Waals surface area contributed by atoms with Crippen LogP contribution in [0.1, 0.15) is 38.6 Å². The van der Waals surface area contributed by atoms with Crippen LogP contribution in [0.15, 0.2) is 60.7 Å². The number of likely N-dealkylation sites (N-methyl/N-ethyl adjacent to an activating group) is 1. The quantitative estimate of drug-likeness (QED) is 0.209. The van der Waals surface area contributed by atoms with Gasteiger partial charge in [-0.15, -0.1) is 0 Å². The van der Waals surface area contributed by atoms with Crippen LogP contribution < -0.4 is 4.74 Å². The van der Waals surface area contributed by atoms with E-state index in [0.29, 0.717) is 28.1 Å². The molecule has 1 N–H and O–H groups in total. The molecule has 14 heteroatoms. The molecule has 0 spiro atoms. The van der Waals surface area contributed by atoms with Gasteiger partial charge in [-0.2, -0.15) is 0 Å². The molecule has 1 fully saturated rings. The van der Waals surface area contributed by atoms with E-state index in [1.165, 1.54) is 17.0 Å². The highest BCUT2D eigenvalue weighted by Gasteiger charge is 2.42. The number of carbonyl (C=O) groups is 3. The Morgan fingerprint density at radius 3 is 2.50 bits per heavy atom. The van der Waals surface area contributed by atoms with Crippen LogP contribution in [-0.2, 0) is 32.2 Å². The average molecular weight is 692 g/mol. The third-order valence-corrected chi connectivity index (χ3v) is 8.17. The minimum Gasteiger partial charge on any atom is -0.480 e. The molecule has 266 valence electrons. The number of hydrogen-bond donors (Lipinski definition) is 1. The second-order valence-corrected chi connectivity index (χ2v) is 13.2. The summed E-state index contributed by atoms with van der Waals surface area (Å²) in [5, 5.41) is 9.85. The number of nitrogens with zero attached hydrogens (tertiary/aromatic N) is 5. The lowest BCUT2D eigenvalue weighted by Crippen LogP contribution is -2.40. The van der Waals surface area contributed by atoms with Gasteiger partial charge >= 0.3 is 18.2 Å². The second kappa shape index (κ2) is 15.1. The maximum Gasteiger partial charge on any atom is 0.410 e. The minimum atomic E-state index is -1.17. The molecule has 1 unspecified atom stereocenters. The van der Waals surface area contributed by atoms with Gasteiger partial charge in [0, 0.05) is 38.3 Å². The molecular weight excluding hydrogens is 649 g/mol. The van der Waals surface area contributed by atoms with Gasteiger partial charge in [0.15, 0.2) is 0 Å². The van der Waals surface area contributed by atoms with Gasteiger partial charge in [-0.1, -0.05) is 36.4 Å². The number of fused-ring (bicyclic) bond motifs is 1. The highest BCUT2D eigenvalue weighted by atomic mass is 19.1. The molecule has 0 bridgehead atoms. The third kappa shape index (κ3) is 8.67. The number of likely N-dealkylation sites (tertiary alicyclic amines) is 1. The summed E-state index contributed by atoms with van der Waals surface area (Å²) in [5.74, 6) is -0.911. The fourth-order valence-corrected chi connectivity index (χ4v) is 5.82. The Morgan fingerprint density at radius 2 is 1.82 bits per heavy atom. The summed E-state index contributed by atoms with van der Waals surface area (Å²) in [6.45, 7) is 7.66. The van der Waals surface area contributed by atoms with E-state index >= 15 is 0 Å². The molecule has 1 aliphatic rings. The number of carboxylic acid groups (broad SMARTS) is 1. The van der Waals surface area contributed by atoms with Crippen molar-refractivity contribution in [2.75, 3.05) is 27.2 Å². The number of hydrogen-bond acceptors (Lipinski definition) is 9. The van der Waals surface area contributed by atoms with Gasteiger partial charge in [0.25, 0.3) is 0 Å². The van der Waals surface area contributed by atoms with Crippen LogP contribution in [0.3, 0.4) is 0 Å². The van der Waals surface area contributed by atoms with E-state index < -0.39 is 47.8 Å². The molecule has 3 heterocycles. The van der Waals surface area contributed by atoms with Crippen LogP contribution in [0.2, 0.25) is 0 Å². The summed E-state index contributed by atoms with van der Waals surface area (Å²) in [6.07, 6.45) is -2.37. The Balaban J connectivity index is 1.36. The Labute approximate surface area is 289 Å². The number of aryl methyl sites for hydroxylation is 1. The molecule has 5 rings (SSSR count). The first-order chi connectivity index (χ1) is 23.7. The molecule has 3 atom stereocenters. The zero-order valence-electron chi connectivity index (χ0n) is 29.0. The van der Waals surface area contributed by atoms with Crippen molar-refractivity contribution >= 4 is 29.2 Å². The van der Waals surface area contributed by atoms with Gasteiger partial charge in [0.05, 0.1) is 42.5 Å². The molecule has 13 nitrogen and oxygen atoms in total. The lowest BCUT2D eigenvalue weighted by molar-refractivity contribution is -0.141. The van der Waals surface area contributed by atoms with Crippen LogP contribution in [0.25, 0.3) is 22.3 Å². The number of imidazole rings is 1. The number of carboxylic acids is 1. The molecule has 2 aromatic carbocycles. The number of pyridine rings is 1. The number of halogens is 1. The first kappa shape index (κ1) is 36.1. The molecule has 0 saturated carbocycles. The van der Waals surface area contributed by atoms with Gasteiger partial charge < -0.3 is 33.5 Å². The summed E-state index contributed by atoms with van der Waals surface area (Å²) in [5.41, 5.74) is 1.97. The molecule has 1 aliphatic heterocycles. The molecule has 50 heavy (non-hydrogen) atoms. The monoisotopic (exact) mass is 691 g/mol. The third-order valence-electron chi connectivity index (χ3n) is 8.17. The molecule has 2 amide bonds. The summed E-state index contributed by atoms with van der Waals surface area (Å²) in [4.78, 5) is 49.4. The van der Waals surface area contributed by atoms with Crippen molar-refractivity contribution in [2.24, 2.45) is 0 Å². The van der Waals surface area contributed by atoms with Crippen LogP contribution in [-0.4, -0.2) is 98.7 Å². The maximum atomic E-state index is 15.0. The van der Waals surface area contributed by atoms with E-state index in [2.05, 4.69) is 9.97 Å². The molecule has 2 aromatic heterocycles. The smallest absolute Gasteiger partial charge is 0.410 e. The van der Waals surface area contributed by atoms with Gasteiger partial charge in [0.1, 0.15) is 36.0 Å². The number of aromatic nitrogens is 3. The Morgan fingerprint density at radius 1 is 1.08 bits per heavy atom. The standard InChI is InChI=1S/C36H42FN5O8/c1-22-38-29-16-24(37)15-27(32(29)41(22)20-26(47-6)18-40(5)34(45)50-36(2,3)4)28-13-10-14-31(39-28)49-25-17-30(33(43)44)42(19-25)35(46)48-21-23-11-8-7-9-12-23/h7-16,25-26,30H,17-21H2,1-6H3,(H,43,44)/t25-,26?,30-/m0/s1. The lowest BCUT2D eigenvalue weighted by atomic mass is 10.1. The van der Waals surface area contributed by atoms with Crippen molar-refractivity contribution < 1.29 is 42.8 Å². The molecule has 1 saturated heterocycles. The average Bonchev–Trinajstić information content (AvgIpc) is 3.63. The SMILES string of the molecule is COC(CN(C)C(=O)OC(C)(C)C)Cn1c(C)nc2cc(F)cc(-c3cccc(O[C@H]4C[C@@H](C(=O)O)N(C(=O)OCc5ccccc5)C4)n3)c21. The van der Waals surface area contributed by atoms with Crippen molar-refractivity contribution in [3.05, 3.63) is 77.9 Å². The number of benzene rings is 2. The van der Waals surface area contributed by atoms with Gasteiger partial charge in [-0.3, -0.25) is 4.90 Å². The van der Waals surface area contributed by atoms with Crippen LogP contribution in [0.4, 0.5) is 14.0 Å². The van der Waals surface area contributed by atoms with Crippen molar-refractivity contribution in [1.29, 1.82) is 0 Å². The number of ether oxygens (including phenoxy) is 4. The Kier molecular flexibility index (Phi) is 10.9. The van der Waals surface area contributed by atoms with Crippen LogP contribution in [0, 0.1) is 12.7 Å². The first-order valence-electron chi connectivity index (χ1n) is 16.2. The molecule has 0 radical (unpaired) electrons. The van der Waals surface area contributed by atoms with E-state index in [9.17, 15) is 23.9 Å². The van der Waals surface area contributed by atoms with Crippen LogP contribution >= 0.6 is 0 Å². The minimum absolute atomic E-state index is 0.00136. The predicted molar refractivity (Wildman–Crippen MR) is 181 cm³/mol. The molecule has 0 aliphatic carbocycles. The fourth-order valence-electron chi connectivity index (χ4n) is 5.82. The van der Waals surface area contributed by atoms with E-state index in [0.717, 1.165) is 10.5 Å². The van der Waals surface area contributed by atoms with E-state index in [4.69, 9.17) is 18.9 Å². The number of methoxy groups -OCH3 is 1. The van der Waals surface area contributed by atoms with Crippen molar-refractivity contribution in [2.45, 2.75) is 71.1 Å². The Hall–Kier alpha value is -5.24. The second-order valence-electron chi connectivity index (χ2n) is 13.2. The number of carbonyl (C=O) groups excluding carboxylic acids is 2. The molecule has 4 aromatic rings. The van der Waals surface area contributed by atoms with E-state index in [-0.39, 0.29) is 38.5 Å². The summed E-state index contributed by atoms with van der Waals surface area (Å²) in [6, 6.07) is 15.7. The topological polar surface area (TPSA) is 146 Å². The normalized spacial score (nSPS) is 16.7. The van der Waals surface area contributed by atoms with Gasteiger partial charge in [-0.05, 0) is 45.4 Å². The van der Waals surface area contributed by atoms with Crippen molar-refractivity contribution in [3.63, 3.8) is 0 Å². The van der Waals surface area contributed by atoms with Gasteiger partial charge in [-0.25, -0.2) is 28.7 Å². The zero-order valence-corrected chi connectivity index (χ0v) is 29.0. The highest BCUT2D eigenvalue weighted by molar-refractivity contribution is 5.92. The van der Waals surface area contributed by atoms with Crippen molar-refractivity contribution in [3.8, 4) is 17.1 Å². The zero-order chi connectivity index (χ0) is 36.2. The number of amides is 2. The summed E-state index contributed by atoms with van der Waals surface area (Å²) < 4.78 is 39.6.